The Morgan fingerprint density at radius 1 is 0.943 bits per heavy atom. The number of hydrogen-bond donors (Lipinski definition) is 1. The third-order valence-corrected chi connectivity index (χ3v) is 8.26. The fourth-order valence-electron chi connectivity index (χ4n) is 4.58. The Balaban J connectivity index is 1.37. The summed E-state index contributed by atoms with van der Waals surface area (Å²) in [7, 11) is -3.88. The maximum Gasteiger partial charge on any atom is 0.267 e. The molecule has 0 bridgehead atoms. The van der Waals surface area contributed by atoms with Gasteiger partial charge >= 0.3 is 0 Å². The first-order chi connectivity index (χ1) is 16.9. The van der Waals surface area contributed by atoms with Crippen molar-refractivity contribution in [2.75, 3.05) is 34.2 Å². The summed E-state index contributed by atoms with van der Waals surface area (Å²) in [6, 6.07) is 21.3. The number of anilines is 3. The summed E-state index contributed by atoms with van der Waals surface area (Å²) in [5.41, 5.74) is 3.12. The molecule has 35 heavy (non-hydrogen) atoms. The van der Waals surface area contributed by atoms with Crippen molar-refractivity contribution in [3.63, 3.8) is 0 Å². The van der Waals surface area contributed by atoms with E-state index >= 15 is 0 Å². The lowest BCUT2D eigenvalue weighted by Gasteiger charge is -2.35. The molecule has 1 fully saturated rings. The minimum absolute atomic E-state index is 0.120. The van der Waals surface area contributed by atoms with Crippen molar-refractivity contribution in [1.82, 2.24) is 0 Å². The maximum atomic E-state index is 13.5. The van der Waals surface area contributed by atoms with Crippen molar-refractivity contribution in [2.45, 2.75) is 37.2 Å². The minimum Gasteiger partial charge on any atom is -0.476 e. The van der Waals surface area contributed by atoms with Gasteiger partial charge in [-0.3, -0.25) is 9.10 Å². The number of nitrogens with one attached hydrogen (secondary N) is 1. The molecule has 1 N–H and O–H groups in total. The maximum absolute atomic E-state index is 13.5. The van der Waals surface area contributed by atoms with Crippen LogP contribution in [0.3, 0.4) is 0 Å². The zero-order chi connectivity index (χ0) is 24.4. The SMILES string of the molecule is Cc1ccc2c(c1)N(S(=O)(=O)c1ccccc1)C[C@@H](C(=O)Nc1ccc(N3CCCCC3)cc1)O2. The summed E-state index contributed by atoms with van der Waals surface area (Å²) in [4.78, 5) is 15.7. The molecule has 0 spiro atoms. The normalized spacial score (nSPS) is 17.9. The van der Waals surface area contributed by atoms with Crippen LogP contribution in [0.5, 0.6) is 5.75 Å². The van der Waals surface area contributed by atoms with Gasteiger partial charge in [-0.1, -0.05) is 24.3 Å². The number of sulfonamides is 1. The van der Waals surface area contributed by atoms with Gasteiger partial charge < -0.3 is 15.0 Å². The number of amides is 1. The van der Waals surface area contributed by atoms with Gasteiger partial charge in [-0.2, -0.15) is 0 Å². The number of carbonyl (C=O) groups is 1. The third kappa shape index (κ3) is 4.84. The van der Waals surface area contributed by atoms with Crippen LogP contribution in [0.15, 0.2) is 77.7 Å². The number of benzene rings is 3. The molecular weight excluding hydrogens is 462 g/mol. The average Bonchev–Trinajstić information content (AvgIpc) is 2.89. The fraction of sp³-hybridized carbons (Fsp3) is 0.296. The lowest BCUT2D eigenvalue weighted by atomic mass is 10.1. The molecule has 182 valence electrons. The number of carbonyl (C=O) groups excluding carboxylic acids is 1. The van der Waals surface area contributed by atoms with Crippen LogP contribution in [0.4, 0.5) is 17.1 Å². The molecule has 8 heteroatoms. The van der Waals surface area contributed by atoms with Crippen molar-refractivity contribution in [1.29, 1.82) is 0 Å². The van der Waals surface area contributed by atoms with Gasteiger partial charge in [0.05, 0.1) is 17.1 Å². The smallest absolute Gasteiger partial charge is 0.267 e. The van der Waals surface area contributed by atoms with Gasteiger partial charge in [-0.05, 0) is 80.3 Å². The van der Waals surface area contributed by atoms with Gasteiger partial charge in [0, 0.05) is 24.5 Å². The molecule has 3 aromatic rings. The highest BCUT2D eigenvalue weighted by Crippen LogP contribution is 2.38. The minimum atomic E-state index is -3.88. The van der Waals surface area contributed by atoms with Crippen LogP contribution in [-0.4, -0.2) is 40.1 Å². The van der Waals surface area contributed by atoms with Crippen molar-refractivity contribution in [3.8, 4) is 5.75 Å². The highest BCUT2D eigenvalue weighted by molar-refractivity contribution is 7.92. The first-order valence-corrected chi connectivity index (χ1v) is 13.4. The first-order valence-electron chi connectivity index (χ1n) is 11.9. The van der Waals surface area contributed by atoms with E-state index in [1.165, 1.54) is 23.6 Å². The van der Waals surface area contributed by atoms with Gasteiger partial charge in [0.2, 0.25) is 0 Å². The molecule has 0 aliphatic carbocycles. The molecule has 1 saturated heterocycles. The third-order valence-electron chi connectivity index (χ3n) is 6.46. The van der Waals surface area contributed by atoms with Crippen molar-refractivity contribution < 1.29 is 17.9 Å². The summed E-state index contributed by atoms with van der Waals surface area (Å²) in [6.45, 7) is 3.86. The Labute approximate surface area is 206 Å². The van der Waals surface area contributed by atoms with Crippen LogP contribution in [0.1, 0.15) is 24.8 Å². The molecule has 2 heterocycles. The molecule has 0 aromatic heterocycles. The molecule has 1 amide bonds. The van der Waals surface area contributed by atoms with Crippen LogP contribution in [0, 0.1) is 6.92 Å². The molecule has 7 nitrogen and oxygen atoms in total. The lowest BCUT2D eigenvalue weighted by Crippen LogP contribution is -2.48. The fourth-order valence-corrected chi connectivity index (χ4v) is 6.06. The van der Waals surface area contributed by atoms with Gasteiger partial charge in [-0.25, -0.2) is 8.42 Å². The van der Waals surface area contributed by atoms with E-state index in [2.05, 4.69) is 10.2 Å². The van der Waals surface area contributed by atoms with E-state index < -0.39 is 22.0 Å². The van der Waals surface area contributed by atoms with E-state index in [-0.39, 0.29) is 11.4 Å². The summed E-state index contributed by atoms with van der Waals surface area (Å²) in [5, 5.41) is 2.89. The standard InChI is InChI=1S/C27H29N3O4S/c1-20-10-15-25-24(18-20)30(35(32,33)23-8-4-2-5-9-23)19-26(34-25)27(31)28-21-11-13-22(14-12-21)29-16-6-3-7-17-29/h2,4-5,8-15,18,26H,3,6-7,16-17,19H2,1H3,(H,28,31)/t26-/m0/s1. The molecule has 2 aliphatic heterocycles. The Hall–Kier alpha value is -3.52. The van der Waals surface area contributed by atoms with E-state index in [0.29, 0.717) is 17.1 Å². The number of rotatable bonds is 5. The predicted molar refractivity (Wildman–Crippen MR) is 138 cm³/mol. The Bertz CT molecular complexity index is 1300. The van der Waals surface area contributed by atoms with Gasteiger partial charge in [0.15, 0.2) is 6.10 Å². The summed E-state index contributed by atoms with van der Waals surface area (Å²) in [5.74, 6) is -0.0304. The summed E-state index contributed by atoms with van der Waals surface area (Å²) < 4.78 is 34.3. The number of piperidine rings is 1. The number of fused-ring (bicyclic) bond motifs is 1. The highest BCUT2D eigenvalue weighted by atomic mass is 32.2. The second-order valence-electron chi connectivity index (χ2n) is 9.01. The van der Waals surface area contributed by atoms with Crippen molar-refractivity contribution >= 4 is 33.0 Å². The lowest BCUT2D eigenvalue weighted by molar-refractivity contribution is -0.122. The summed E-state index contributed by atoms with van der Waals surface area (Å²) >= 11 is 0. The quantitative estimate of drug-likeness (QED) is 0.565. The number of hydrogen-bond acceptors (Lipinski definition) is 5. The Morgan fingerprint density at radius 2 is 1.66 bits per heavy atom. The van der Waals surface area contributed by atoms with Crippen LogP contribution in [0.25, 0.3) is 0 Å². The molecular formula is C27H29N3O4S. The van der Waals surface area contributed by atoms with Gasteiger partial charge in [0.25, 0.3) is 15.9 Å². The molecule has 3 aromatic carbocycles. The Kier molecular flexibility index (Phi) is 6.38. The van der Waals surface area contributed by atoms with E-state index in [0.717, 1.165) is 24.3 Å². The van der Waals surface area contributed by atoms with Crippen LogP contribution in [-0.2, 0) is 14.8 Å². The average molecular weight is 492 g/mol. The Morgan fingerprint density at radius 3 is 2.37 bits per heavy atom. The van der Waals surface area contributed by atoms with Crippen LogP contribution in [0.2, 0.25) is 0 Å². The monoisotopic (exact) mass is 491 g/mol. The zero-order valence-corrected chi connectivity index (χ0v) is 20.5. The molecule has 0 saturated carbocycles. The molecule has 0 unspecified atom stereocenters. The van der Waals surface area contributed by atoms with E-state index in [1.54, 1.807) is 42.5 Å². The number of aryl methyl sites for hydroxylation is 1. The number of ether oxygens (including phenoxy) is 1. The highest BCUT2D eigenvalue weighted by Gasteiger charge is 2.37. The molecule has 2 aliphatic rings. The van der Waals surface area contributed by atoms with Gasteiger partial charge in [0.1, 0.15) is 5.75 Å². The summed E-state index contributed by atoms with van der Waals surface area (Å²) in [6.07, 6.45) is 2.67. The largest absolute Gasteiger partial charge is 0.476 e. The zero-order valence-electron chi connectivity index (χ0n) is 19.7. The second-order valence-corrected chi connectivity index (χ2v) is 10.9. The van der Waals surface area contributed by atoms with Crippen LogP contribution < -0.4 is 19.3 Å². The molecule has 0 radical (unpaired) electrons. The number of nitrogens with zero attached hydrogens (tertiary/aromatic N) is 2. The molecule has 5 rings (SSSR count). The topological polar surface area (TPSA) is 79.0 Å². The van der Waals surface area contributed by atoms with Crippen LogP contribution >= 0.6 is 0 Å². The van der Waals surface area contributed by atoms with E-state index in [4.69, 9.17) is 4.74 Å². The van der Waals surface area contributed by atoms with E-state index in [1.807, 2.05) is 37.3 Å². The second kappa shape index (κ2) is 9.62. The van der Waals surface area contributed by atoms with Crippen molar-refractivity contribution in [2.24, 2.45) is 0 Å². The molecule has 1 atom stereocenters. The first kappa shape index (κ1) is 23.2. The van der Waals surface area contributed by atoms with Crippen molar-refractivity contribution in [3.05, 3.63) is 78.4 Å². The van der Waals surface area contributed by atoms with E-state index in [9.17, 15) is 13.2 Å². The van der Waals surface area contributed by atoms with Gasteiger partial charge in [-0.15, -0.1) is 0 Å². The predicted octanol–water partition coefficient (Wildman–Crippen LogP) is 4.58.